The van der Waals surface area contributed by atoms with Crippen LogP contribution in [0, 0.1) is 5.92 Å². The Balaban J connectivity index is 1.68. The smallest absolute Gasteiger partial charge is 0.224 e. The molecule has 3 heteroatoms. The maximum absolute atomic E-state index is 11.7. The van der Waals surface area contributed by atoms with Gasteiger partial charge in [-0.15, -0.1) is 0 Å². The molecule has 0 heterocycles. The largest absolute Gasteiger partial charge is 0.356 e. The first-order valence-electron chi connectivity index (χ1n) is 6.82. The molecule has 98 valence electrons. The standard InChI is InChI=1S/C15H22N2O/c16-11-14-6-4-13(5-7-14)10-15(18)17-9-8-12-2-1-3-12/h4-7,12H,1-3,8-11,16H2,(H,17,18). The van der Waals surface area contributed by atoms with Crippen molar-refractivity contribution in [3.05, 3.63) is 35.4 Å². The molecule has 0 bridgehead atoms. The second-order valence-corrected chi connectivity index (χ2v) is 5.13. The third kappa shape index (κ3) is 3.84. The maximum Gasteiger partial charge on any atom is 0.224 e. The van der Waals surface area contributed by atoms with Gasteiger partial charge in [0, 0.05) is 13.1 Å². The summed E-state index contributed by atoms with van der Waals surface area (Å²) in [6.45, 7) is 1.37. The van der Waals surface area contributed by atoms with Crippen molar-refractivity contribution in [2.24, 2.45) is 11.7 Å². The number of nitrogens with two attached hydrogens (primary N) is 1. The summed E-state index contributed by atoms with van der Waals surface area (Å²) in [5, 5.41) is 3.00. The van der Waals surface area contributed by atoms with Crippen molar-refractivity contribution in [3.63, 3.8) is 0 Å². The fourth-order valence-corrected chi connectivity index (χ4v) is 2.24. The minimum absolute atomic E-state index is 0.120. The Labute approximate surface area is 109 Å². The molecule has 1 aromatic carbocycles. The van der Waals surface area contributed by atoms with E-state index in [-0.39, 0.29) is 5.91 Å². The molecule has 3 nitrogen and oxygen atoms in total. The second kappa shape index (κ2) is 6.55. The van der Waals surface area contributed by atoms with E-state index in [1.807, 2.05) is 24.3 Å². The van der Waals surface area contributed by atoms with E-state index >= 15 is 0 Å². The summed E-state index contributed by atoms with van der Waals surface area (Å²) >= 11 is 0. The van der Waals surface area contributed by atoms with Crippen LogP contribution in [-0.4, -0.2) is 12.5 Å². The Bertz CT molecular complexity index is 382. The van der Waals surface area contributed by atoms with Gasteiger partial charge in [0.05, 0.1) is 6.42 Å². The molecule has 0 spiro atoms. The van der Waals surface area contributed by atoms with Gasteiger partial charge < -0.3 is 11.1 Å². The Hall–Kier alpha value is -1.35. The molecule has 1 saturated carbocycles. The van der Waals surface area contributed by atoms with Gasteiger partial charge in [0.2, 0.25) is 5.91 Å². The molecule has 1 aliphatic carbocycles. The Morgan fingerprint density at radius 3 is 2.44 bits per heavy atom. The Morgan fingerprint density at radius 2 is 1.89 bits per heavy atom. The molecular formula is C15H22N2O. The van der Waals surface area contributed by atoms with Crippen LogP contribution in [0.3, 0.4) is 0 Å². The summed E-state index contributed by atoms with van der Waals surface area (Å²) in [5.74, 6) is 0.976. The van der Waals surface area contributed by atoms with Crippen molar-refractivity contribution in [1.82, 2.24) is 5.32 Å². The van der Waals surface area contributed by atoms with Crippen LogP contribution in [0.1, 0.15) is 36.8 Å². The van der Waals surface area contributed by atoms with E-state index in [9.17, 15) is 4.79 Å². The molecule has 0 unspecified atom stereocenters. The molecule has 1 amide bonds. The van der Waals surface area contributed by atoms with E-state index in [2.05, 4.69) is 5.32 Å². The third-order valence-corrected chi connectivity index (χ3v) is 3.72. The predicted octanol–water partition coefficient (Wildman–Crippen LogP) is 1.99. The molecule has 1 fully saturated rings. The Kier molecular flexibility index (Phi) is 4.76. The monoisotopic (exact) mass is 246 g/mol. The highest BCUT2D eigenvalue weighted by atomic mass is 16.1. The van der Waals surface area contributed by atoms with E-state index in [0.29, 0.717) is 13.0 Å². The zero-order valence-electron chi connectivity index (χ0n) is 10.8. The lowest BCUT2D eigenvalue weighted by Crippen LogP contribution is -2.28. The van der Waals surface area contributed by atoms with Crippen LogP contribution < -0.4 is 11.1 Å². The van der Waals surface area contributed by atoms with E-state index in [1.165, 1.54) is 19.3 Å². The van der Waals surface area contributed by atoms with Crippen molar-refractivity contribution in [2.75, 3.05) is 6.54 Å². The van der Waals surface area contributed by atoms with Crippen molar-refractivity contribution < 1.29 is 4.79 Å². The molecular weight excluding hydrogens is 224 g/mol. The molecule has 3 N–H and O–H groups in total. The molecule has 1 aliphatic rings. The highest BCUT2D eigenvalue weighted by molar-refractivity contribution is 5.78. The van der Waals surface area contributed by atoms with Crippen LogP contribution in [0.5, 0.6) is 0 Å². The lowest BCUT2D eigenvalue weighted by atomic mass is 9.83. The molecule has 0 saturated heterocycles. The van der Waals surface area contributed by atoms with Crippen LogP contribution in [0.2, 0.25) is 0 Å². The lowest BCUT2D eigenvalue weighted by molar-refractivity contribution is -0.120. The second-order valence-electron chi connectivity index (χ2n) is 5.13. The van der Waals surface area contributed by atoms with Crippen LogP contribution in [0.15, 0.2) is 24.3 Å². The average molecular weight is 246 g/mol. The highest BCUT2D eigenvalue weighted by Gasteiger charge is 2.16. The van der Waals surface area contributed by atoms with Crippen molar-refractivity contribution in [3.8, 4) is 0 Å². The van der Waals surface area contributed by atoms with Crippen molar-refractivity contribution in [2.45, 2.75) is 38.6 Å². The third-order valence-electron chi connectivity index (χ3n) is 3.72. The quantitative estimate of drug-likeness (QED) is 0.806. The fraction of sp³-hybridized carbons (Fsp3) is 0.533. The van der Waals surface area contributed by atoms with Gasteiger partial charge in [0.25, 0.3) is 0 Å². The number of benzene rings is 1. The van der Waals surface area contributed by atoms with Gasteiger partial charge >= 0.3 is 0 Å². The van der Waals surface area contributed by atoms with Gasteiger partial charge in [-0.3, -0.25) is 4.79 Å². The van der Waals surface area contributed by atoms with Crippen LogP contribution in [0.25, 0.3) is 0 Å². The maximum atomic E-state index is 11.7. The summed E-state index contributed by atoms with van der Waals surface area (Å²) < 4.78 is 0. The van der Waals surface area contributed by atoms with Gasteiger partial charge in [-0.2, -0.15) is 0 Å². The van der Waals surface area contributed by atoms with Crippen LogP contribution >= 0.6 is 0 Å². The van der Waals surface area contributed by atoms with Crippen LogP contribution in [0.4, 0.5) is 0 Å². The van der Waals surface area contributed by atoms with Crippen LogP contribution in [-0.2, 0) is 17.8 Å². The Morgan fingerprint density at radius 1 is 1.22 bits per heavy atom. The molecule has 0 aromatic heterocycles. The van der Waals surface area contributed by atoms with E-state index < -0.39 is 0 Å². The average Bonchev–Trinajstić information content (AvgIpc) is 2.33. The molecule has 18 heavy (non-hydrogen) atoms. The zero-order valence-corrected chi connectivity index (χ0v) is 10.8. The summed E-state index contributed by atoms with van der Waals surface area (Å²) in [6.07, 6.45) is 5.66. The number of carbonyl (C=O) groups is 1. The summed E-state index contributed by atoms with van der Waals surface area (Å²) in [5.41, 5.74) is 7.69. The zero-order chi connectivity index (χ0) is 12.8. The number of rotatable bonds is 6. The lowest BCUT2D eigenvalue weighted by Gasteiger charge is -2.25. The first kappa shape index (κ1) is 13.1. The van der Waals surface area contributed by atoms with E-state index in [1.54, 1.807) is 0 Å². The summed E-state index contributed by atoms with van der Waals surface area (Å²) in [4.78, 5) is 11.7. The van der Waals surface area contributed by atoms with E-state index in [0.717, 1.165) is 30.0 Å². The normalized spacial score (nSPS) is 15.2. The van der Waals surface area contributed by atoms with Crippen molar-refractivity contribution in [1.29, 1.82) is 0 Å². The minimum Gasteiger partial charge on any atom is -0.356 e. The van der Waals surface area contributed by atoms with Crippen molar-refractivity contribution >= 4 is 5.91 Å². The van der Waals surface area contributed by atoms with Gasteiger partial charge in [0.1, 0.15) is 0 Å². The summed E-state index contributed by atoms with van der Waals surface area (Å²) in [7, 11) is 0. The molecule has 0 radical (unpaired) electrons. The van der Waals surface area contributed by atoms with Gasteiger partial charge in [0.15, 0.2) is 0 Å². The van der Waals surface area contributed by atoms with Gasteiger partial charge in [-0.05, 0) is 23.5 Å². The number of hydrogen-bond acceptors (Lipinski definition) is 2. The highest BCUT2D eigenvalue weighted by Crippen LogP contribution is 2.28. The number of amides is 1. The first-order chi connectivity index (χ1) is 8.78. The van der Waals surface area contributed by atoms with Gasteiger partial charge in [-0.1, -0.05) is 43.5 Å². The molecule has 1 aromatic rings. The fourth-order valence-electron chi connectivity index (χ4n) is 2.24. The molecule has 0 aliphatic heterocycles. The molecule has 0 atom stereocenters. The number of hydrogen-bond donors (Lipinski definition) is 2. The number of nitrogens with one attached hydrogen (secondary N) is 1. The minimum atomic E-state index is 0.120. The molecule has 2 rings (SSSR count). The topological polar surface area (TPSA) is 55.1 Å². The van der Waals surface area contributed by atoms with Gasteiger partial charge in [-0.25, -0.2) is 0 Å². The predicted molar refractivity (Wildman–Crippen MR) is 73.0 cm³/mol. The number of carbonyl (C=O) groups excluding carboxylic acids is 1. The SMILES string of the molecule is NCc1ccc(CC(=O)NCCC2CCC2)cc1. The first-order valence-corrected chi connectivity index (χ1v) is 6.82. The summed E-state index contributed by atoms with van der Waals surface area (Å²) in [6, 6.07) is 7.93. The van der Waals surface area contributed by atoms with E-state index in [4.69, 9.17) is 5.73 Å².